The lowest BCUT2D eigenvalue weighted by Crippen LogP contribution is -2.15. The molecule has 2 aromatic carbocycles. The second kappa shape index (κ2) is 6.23. The maximum atomic E-state index is 6.39. The Morgan fingerprint density at radius 3 is 2.00 bits per heavy atom. The van der Waals surface area contributed by atoms with Crippen molar-refractivity contribution in [3.05, 3.63) is 69.8 Å². The van der Waals surface area contributed by atoms with E-state index in [0.717, 1.165) is 12.8 Å². The molecule has 0 aliphatic heterocycles. The Labute approximate surface area is 122 Å². The summed E-state index contributed by atoms with van der Waals surface area (Å²) >= 11 is 0. The van der Waals surface area contributed by atoms with Crippen LogP contribution in [-0.4, -0.2) is 0 Å². The van der Waals surface area contributed by atoms with Crippen LogP contribution in [-0.2, 0) is 12.8 Å². The molecule has 2 aromatic rings. The Hall–Kier alpha value is -1.60. The molecule has 1 unspecified atom stereocenters. The van der Waals surface area contributed by atoms with Gasteiger partial charge >= 0.3 is 0 Å². The number of rotatable bonds is 4. The van der Waals surface area contributed by atoms with Crippen molar-refractivity contribution in [1.29, 1.82) is 0 Å². The van der Waals surface area contributed by atoms with E-state index in [4.69, 9.17) is 5.73 Å². The molecule has 2 rings (SSSR count). The maximum absolute atomic E-state index is 6.39. The summed E-state index contributed by atoms with van der Waals surface area (Å²) in [6, 6.07) is 13.3. The topological polar surface area (TPSA) is 26.0 Å². The fourth-order valence-corrected chi connectivity index (χ4v) is 2.87. The van der Waals surface area contributed by atoms with Crippen molar-refractivity contribution < 1.29 is 0 Å². The Morgan fingerprint density at radius 2 is 1.50 bits per heavy atom. The summed E-state index contributed by atoms with van der Waals surface area (Å²) in [7, 11) is 0. The van der Waals surface area contributed by atoms with Gasteiger partial charge in [-0.05, 0) is 61.4 Å². The van der Waals surface area contributed by atoms with Gasteiger partial charge in [0.1, 0.15) is 0 Å². The second-order valence-corrected chi connectivity index (χ2v) is 5.78. The van der Waals surface area contributed by atoms with E-state index in [9.17, 15) is 0 Å². The largest absolute Gasteiger partial charge is 0.324 e. The molecule has 0 bridgehead atoms. The Balaban J connectivity index is 2.20. The van der Waals surface area contributed by atoms with E-state index in [1.807, 2.05) is 0 Å². The van der Waals surface area contributed by atoms with Gasteiger partial charge in [-0.25, -0.2) is 0 Å². The van der Waals surface area contributed by atoms with Gasteiger partial charge in [-0.2, -0.15) is 0 Å². The van der Waals surface area contributed by atoms with Crippen molar-refractivity contribution in [2.24, 2.45) is 5.73 Å². The highest BCUT2D eigenvalue weighted by Gasteiger charge is 2.11. The fraction of sp³-hybridized carbons (Fsp3) is 0.368. The van der Waals surface area contributed by atoms with Crippen molar-refractivity contribution in [2.45, 2.75) is 46.6 Å². The van der Waals surface area contributed by atoms with Crippen molar-refractivity contribution in [3.63, 3.8) is 0 Å². The van der Waals surface area contributed by atoms with E-state index in [-0.39, 0.29) is 6.04 Å². The molecule has 1 atom stereocenters. The average molecular weight is 267 g/mol. The zero-order valence-corrected chi connectivity index (χ0v) is 13.0. The van der Waals surface area contributed by atoms with Crippen molar-refractivity contribution in [2.75, 3.05) is 0 Å². The normalized spacial score (nSPS) is 12.4. The predicted octanol–water partition coefficient (Wildman–Crippen LogP) is 4.42. The molecule has 2 N–H and O–H groups in total. The van der Waals surface area contributed by atoms with Gasteiger partial charge in [0.2, 0.25) is 0 Å². The van der Waals surface area contributed by atoms with Crippen LogP contribution in [0.15, 0.2) is 36.4 Å². The predicted molar refractivity (Wildman–Crippen MR) is 87.1 cm³/mol. The minimum Gasteiger partial charge on any atom is -0.324 e. The summed E-state index contributed by atoms with van der Waals surface area (Å²) in [5, 5.41) is 0. The first kappa shape index (κ1) is 14.8. The van der Waals surface area contributed by atoms with Crippen LogP contribution in [0.25, 0.3) is 0 Å². The highest BCUT2D eigenvalue weighted by atomic mass is 14.6. The van der Waals surface area contributed by atoms with Crippen molar-refractivity contribution in [1.82, 2.24) is 0 Å². The smallest absolute Gasteiger partial charge is 0.0335 e. The lowest BCUT2D eigenvalue weighted by molar-refractivity contribution is 0.715. The molecule has 0 saturated heterocycles. The molecule has 0 amide bonds. The third kappa shape index (κ3) is 3.29. The molecule has 20 heavy (non-hydrogen) atoms. The quantitative estimate of drug-likeness (QED) is 0.872. The first-order valence-corrected chi connectivity index (χ1v) is 7.42. The number of aryl methyl sites for hydroxylation is 4. The average Bonchev–Trinajstić information content (AvgIpc) is 2.42. The van der Waals surface area contributed by atoms with Gasteiger partial charge in [-0.1, -0.05) is 48.9 Å². The summed E-state index contributed by atoms with van der Waals surface area (Å²) in [6.07, 6.45) is 1.98. The van der Waals surface area contributed by atoms with Crippen LogP contribution >= 0.6 is 0 Å². The van der Waals surface area contributed by atoms with E-state index in [2.05, 4.69) is 64.1 Å². The van der Waals surface area contributed by atoms with E-state index >= 15 is 0 Å². The number of hydrogen-bond donors (Lipinski definition) is 1. The molecule has 0 saturated carbocycles. The van der Waals surface area contributed by atoms with Crippen LogP contribution in [0.2, 0.25) is 0 Å². The van der Waals surface area contributed by atoms with Gasteiger partial charge in [0, 0.05) is 6.04 Å². The van der Waals surface area contributed by atoms with Crippen LogP contribution in [0.5, 0.6) is 0 Å². The molecule has 0 aromatic heterocycles. The Bertz CT molecular complexity index is 558. The lowest BCUT2D eigenvalue weighted by atomic mass is 9.92. The van der Waals surface area contributed by atoms with Crippen LogP contribution < -0.4 is 5.73 Å². The maximum Gasteiger partial charge on any atom is 0.0335 e. The third-order valence-corrected chi connectivity index (χ3v) is 4.08. The number of nitrogens with two attached hydrogens (primary N) is 1. The van der Waals surface area contributed by atoms with Gasteiger partial charge in [0.05, 0.1) is 0 Å². The van der Waals surface area contributed by atoms with Gasteiger partial charge in [0.15, 0.2) is 0 Å². The summed E-state index contributed by atoms with van der Waals surface area (Å²) < 4.78 is 0. The Morgan fingerprint density at radius 1 is 0.950 bits per heavy atom. The zero-order chi connectivity index (χ0) is 14.7. The highest BCUT2D eigenvalue weighted by molar-refractivity contribution is 5.39. The molecule has 1 nitrogen and oxygen atoms in total. The molecule has 1 heteroatoms. The summed E-state index contributed by atoms with van der Waals surface area (Å²) in [6.45, 7) is 8.69. The van der Waals surface area contributed by atoms with Gasteiger partial charge in [-0.3, -0.25) is 0 Å². The van der Waals surface area contributed by atoms with Gasteiger partial charge in [-0.15, -0.1) is 0 Å². The summed E-state index contributed by atoms with van der Waals surface area (Å²) in [5.74, 6) is 0. The molecule has 0 radical (unpaired) electrons. The molecule has 0 fully saturated rings. The van der Waals surface area contributed by atoms with Crippen LogP contribution in [0.3, 0.4) is 0 Å². The number of benzene rings is 2. The van der Waals surface area contributed by atoms with Crippen LogP contribution in [0, 0.1) is 20.8 Å². The lowest BCUT2D eigenvalue weighted by Gasteiger charge is -2.17. The molecule has 0 aliphatic rings. The minimum atomic E-state index is 0.0704. The van der Waals surface area contributed by atoms with Gasteiger partial charge in [0.25, 0.3) is 0 Å². The first-order chi connectivity index (χ1) is 9.51. The third-order valence-electron chi connectivity index (χ3n) is 4.08. The first-order valence-electron chi connectivity index (χ1n) is 7.42. The van der Waals surface area contributed by atoms with E-state index < -0.39 is 0 Å². The number of hydrogen-bond acceptors (Lipinski definition) is 1. The molecule has 106 valence electrons. The minimum absolute atomic E-state index is 0.0704. The fourth-order valence-electron chi connectivity index (χ4n) is 2.87. The Kier molecular flexibility index (Phi) is 4.61. The standard InChI is InChI=1S/C19H25N/c1-5-16-6-8-17(9-7-16)19(20)12-18-14(3)10-13(2)11-15(18)4/h6-11,19H,5,12,20H2,1-4H3. The molecule has 0 heterocycles. The van der Waals surface area contributed by atoms with Gasteiger partial charge < -0.3 is 5.73 Å². The van der Waals surface area contributed by atoms with Crippen LogP contribution in [0.4, 0.5) is 0 Å². The van der Waals surface area contributed by atoms with Crippen LogP contribution in [0.1, 0.15) is 46.3 Å². The summed E-state index contributed by atoms with van der Waals surface area (Å²) in [5.41, 5.74) is 14.4. The molecular formula is C19H25N. The van der Waals surface area contributed by atoms with E-state index in [1.165, 1.54) is 33.4 Å². The second-order valence-electron chi connectivity index (χ2n) is 5.78. The van der Waals surface area contributed by atoms with Crippen molar-refractivity contribution in [3.8, 4) is 0 Å². The molecule has 0 spiro atoms. The zero-order valence-electron chi connectivity index (χ0n) is 13.0. The van der Waals surface area contributed by atoms with E-state index in [0.29, 0.717) is 0 Å². The summed E-state index contributed by atoms with van der Waals surface area (Å²) in [4.78, 5) is 0. The molecular weight excluding hydrogens is 242 g/mol. The van der Waals surface area contributed by atoms with Crippen molar-refractivity contribution >= 4 is 0 Å². The monoisotopic (exact) mass is 267 g/mol. The highest BCUT2D eigenvalue weighted by Crippen LogP contribution is 2.23. The molecule has 0 aliphatic carbocycles. The van der Waals surface area contributed by atoms with E-state index in [1.54, 1.807) is 0 Å². The SMILES string of the molecule is CCc1ccc(C(N)Cc2c(C)cc(C)cc2C)cc1.